The van der Waals surface area contributed by atoms with Crippen molar-refractivity contribution in [2.24, 2.45) is 0 Å². The van der Waals surface area contributed by atoms with Crippen LogP contribution < -0.4 is 10.5 Å². The summed E-state index contributed by atoms with van der Waals surface area (Å²) >= 11 is 2.91. The molecule has 0 spiro atoms. The van der Waals surface area contributed by atoms with Gasteiger partial charge in [0.25, 0.3) is 0 Å². The normalized spacial score (nSPS) is 13.4. The summed E-state index contributed by atoms with van der Waals surface area (Å²) in [6, 6.07) is 1.86. The van der Waals surface area contributed by atoms with E-state index in [0.717, 1.165) is 6.07 Å². The summed E-state index contributed by atoms with van der Waals surface area (Å²) in [6.07, 6.45) is 1.40. The van der Waals surface area contributed by atoms with E-state index in [1.807, 2.05) is 0 Å². The molecule has 1 aromatic rings. The lowest BCUT2D eigenvalue weighted by Crippen LogP contribution is -2.31. The third-order valence-electron chi connectivity index (χ3n) is 2.00. The number of anilines is 1. The molecule has 4 nitrogen and oxygen atoms in total. The van der Waals surface area contributed by atoms with Crippen LogP contribution in [0.1, 0.15) is 6.92 Å². The Balaban J connectivity index is 3.29. The molecule has 0 heterocycles. The van der Waals surface area contributed by atoms with Crippen LogP contribution in [-0.2, 0) is 10.0 Å². The summed E-state index contributed by atoms with van der Waals surface area (Å²) in [4.78, 5) is -0.488. The SMILES string of the molecule is C=CC(C)NS(=O)(=O)c1cc(N)cc(Br)c1F. The molecule has 94 valence electrons. The average Bonchev–Trinajstić information content (AvgIpc) is 2.22. The molecule has 0 radical (unpaired) electrons. The Hall–Kier alpha value is -0.920. The van der Waals surface area contributed by atoms with Crippen molar-refractivity contribution in [1.29, 1.82) is 0 Å². The van der Waals surface area contributed by atoms with E-state index in [1.54, 1.807) is 6.92 Å². The quantitative estimate of drug-likeness (QED) is 0.658. The lowest BCUT2D eigenvalue weighted by atomic mass is 10.3. The summed E-state index contributed by atoms with van der Waals surface area (Å²) in [6.45, 7) is 5.03. The van der Waals surface area contributed by atoms with E-state index in [9.17, 15) is 12.8 Å². The smallest absolute Gasteiger partial charge is 0.244 e. The van der Waals surface area contributed by atoms with Crippen molar-refractivity contribution in [1.82, 2.24) is 4.72 Å². The number of nitrogen functional groups attached to an aromatic ring is 1. The van der Waals surface area contributed by atoms with Gasteiger partial charge in [-0.3, -0.25) is 0 Å². The molecule has 1 unspecified atom stereocenters. The van der Waals surface area contributed by atoms with Gasteiger partial charge in [0.05, 0.1) is 4.47 Å². The highest BCUT2D eigenvalue weighted by Gasteiger charge is 2.22. The number of benzene rings is 1. The summed E-state index contributed by atoms with van der Waals surface area (Å²) in [7, 11) is -3.95. The number of nitrogens with two attached hydrogens (primary N) is 1. The fourth-order valence-corrected chi connectivity index (χ4v) is 3.09. The minimum atomic E-state index is -3.95. The topological polar surface area (TPSA) is 72.2 Å². The molecule has 3 N–H and O–H groups in total. The van der Waals surface area contributed by atoms with Crippen LogP contribution in [0, 0.1) is 5.82 Å². The zero-order valence-electron chi connectivity index (χ0n) is 9.07. The first kappa shape index (κ1) is 14.1. The molecule has 1 aromatic carbocycles. The van der Waals surface area contributed by atoms with Gasteiger partial charge in [0, 0.05) is 11.7 Å². The van der Waals surface area contributed by atoms with Crippen LogP contribution >= 0.6 is 15.9 Å². The van der Waals surface area contributed by atoms with Crippen molar-refractivity contribution in [2.45, 2.75) is 17.9 Å². The molecule has 0 aliphatic carbocycles. The van der Waals surface area contributed by atoms with Gasteiger partial charge in [-0.1, -0.05) is 6.08 Å². The van der Waals surface area contributed by atoms with E-state index in [0.29, 0.717) is 0 Å². The van der Waals surface area contributed by atoms with Crippen molar-refractivity contribution in [3.8, 4) is 0 Å². The lowest BCUT2D eigenvalue weighted by molar-refractivity contribution is 0.551. The van der Waals surface area contributed by atoms with Gasteiger partial charge < -0.3 is 5.73 Å². The maximum Gasteiger partial charge on any atom is 0.244 e. The Bertz CT molecular complexity index is 545. The maximum atomic E-state index is 13.7. The largest absolute Gasteiger partial charge is 0.399 e. The molecule has 0 saturated carbocycles. The third kappa shape index (κ3) is 3.27. The van der Waals surface area contributed by atoms with Crippen molar-refractivity contribution in [2.75, 3.05) is 5.73 Å². The van der Waals surface area contributed by atoms with Gasteiger partial charge in [0.15, 0.2) is 5.82 Å². The summed E-state index contributed by atoms with van der Waals surface area (Å²) < 4.78 is 39.6. The molecule has 1 rings (SSSR count). The van der Waals surface area contributed by atoms with Gasteiger partial charge in [0.2, 0.25) is 10.0 Å². The number of hydrogen-bond donors (Lipinski definition) is 2. The molecular weight excluding hydrogens is 311 g/mol. The van der Waals surface area contributed by atoms with Crippen LogP contribution in [-0.4, -0.2) is 14.5 Å². The third-order valence-corrected chi connectivity index (χ3v) is 4.14. The minimum Gasteiger partial charge on any atom is -0.399 e. The molecule has 0 aliphatic rings. The van der Waals surface area contributed by atoms with E-state index in [2.05, 4.69) is 27.2 Å². The van der Waals surface area contributed by atoms with Gasteiger partial charge in [-0.15, -0.1) is 6.58 Å². The molecule has 7 heteroatoms. The Labute approximate surface area is 108 Å². The van der Waals surface area contributed by atoms with Crippen LogP contribution in [0.3, 0.4) is 0 Å². The number of hydrogen-bond acceptors (Lipinski definition) is 3. The summed E-state index contributed by atoms with van der Waals surface area (Å²) in [5.74, 6) is -0.872. The summed E-state index contributed by atoms with van der Waals surface area (Å²) in [5.41, 5.74) is 5.64. The highest BCUT2D eigenvalue weighted by atomic mass is 79.9. The zero-order chi connectivity index (χ0) is 13.2. The van der Waals surface area contributed by atoms with Gasteiger partial charge in [-0.25, -0.2) is 17.5 Å². The van der Waals surface area contributed by atoms with E-state index in [4.69, 9.17) is 5.73 Å². The summed E-state index contributed by atoms with van der Waals surface area (Å²) in [5, 5.41) is 0. The molecule has 0 aromatic heterocycles. The van der Waals surface area contributed by atoms with Gasteiger partial charge in [-0.2, -0.15) is 0 Å². The Kier molecular flexibility index (Phi) is 4.29. The van der Waals surface area contributed by atoms with Crippen molar-refractivity contribution in [3.63, 3.8) is 0 Å². The van der Waals surface area contributed by atoms with Gasteiger partial charge >= 0.3 is 0 Å². The average molecular weight is 323 g/mol. The standard InChI is InChI=1S/C10H12BrFN2O2S/c1-3-6(2)14-17(15,16)9-5-7(13)4-8(11)10(9)12/h3-6,14H,1,13H2,2H3. The van der Waals surface area contributed by atoms with Crippen LogP contribution in [0.25, 0.3) is 0 Å². The second-order valence-electron chi connectivity index (χ2n) is 3.46. The monoisotopic (exact) mass is 322 g/mol. The second kappa shape index (κ2) is 5.16. The first-order valence-electron chi connectivity index (χ1n) is 4.67. The van der Waals surface area contributed by atoms with Gasteiger partial charge in [0.1, 0.15) is 4.90 Å². The van der Waals surface area contributed by atoms with Gasteiger partial charge in [-0.05, 0) is 35.0 Å². The van der Waals surface area contributed by atoms with E-state index >= 15 is 0 Å². The minimum absolute atomic E-state index is 0.00383. The number of nitrogens with one attached hydrogen (secondary N) is 1. The van der Waals surface area contributed by atoms with Crippen LogP contribution in [0.4, 0.5) is 10.1 Å². The predicted molar refractivity (Wildman–Crippen MR) is 68.5 cm³/mol. The maximum absolute atomic E-state index is 13.7. The Morgan fingerprint density at radius 3 is 2.71 bits per heavy atom. The molecule has 0 aliphatic heterocycles. The first-order chi connectivity index (χ1) is 7.77. The van der Waals surface area contributed by atoms with Crippen molar-refractivity contribution < 1.29 is 12.8 Å². The highest BCUT2D eigenvalue weighted by Crippen LogP contribution is 2.26. The predicted octanol–water partition coefficient (Wildman–Crippen LogP) is 2.02. The molecule has 0 saturated heterocycles. The van der Waals surface area contributed by atoms with E-state index in [1.165, 1.54) is 12.1 Å². The van der Waals surface area contributed by atoms with Crippen molar-refractivity contribution >= 4 is 31.6 Å². The highest BCUT2D eigenvalue weighted by molar-refractivity contribution is 9.10. The Morgan fingerprint density at radius 2 is 2.18 bits per heavy atom. The number of rotatable bonds is 4. The molecule has 17 heavy (non-hydrogen) atoms. The van der Waals surface area contributed by atoms with Crippen LogP contribution in [0.5, 0.6) is 0 Å². The second-order valence-corrected chi connectivity index (χ2v) is 6.00. The van der Waals surface area contributed by atoms with E-state index < -0.39 is 26.8 Å². The molecule has 0 fully saturated rings. The van der Waals surface area contributed by atoms with E-state index in [-0.39, 0.29) is 10.2 Å². The number of halogens is 2. The molecule has 1 atom stereocenters. The fourth-order valence-electron chi connectivity index (χ4n) is 1.14. The number of sulfonamides is 1. The molecule has 0 amide bonds. The zero-order valence-corrected chi connectivity index (χ0v) is 11.5. The Morgan fingerprint density at radius 1 is 1.59 bits per heavy atom. The van der Waals surface area contributed by atoms with Crippen LogP contribution in [0.2, 0.25) is 0 Å². The van der Waals surface area contributed by atoms with Crippen LogP contribution in [0.15, 0.2) is 34.2 Å². The first-order valence-corrected chi connectivity index (χ1v) is 6.95. The van der Waals surface area contributed by atoms with Crippen molar-refractivity contribution in [3.05, 3.63) is 35.1 Å². The lowest BCUT2D eigenvalue weighted by Gasteiger charge is -2.12. The fraction of sp³-hybridized carbons (Fsp3) is 0.200. The molecular formula is C10H12BrFN2O2S. The molecule has 0 bridgehead atoms.